The lowest BCUT2D eigenvalue weighted by atomic mass is 9.75. The molecule has 156 valence electrons. The van der Waals surface area contributed by atoms with Crippen molar-refractivity contribution in [2.45, 2.75) is 18.2 Å². The summed E-state index contributed by atoms with van der Waals surface area (Å²) in [7, 11) is 0. The molecule has 3 heterocycles. The highest BCUT2D eigenvalue weighted by Crippen LogP contribution is 2.47. The smallest absolute Gasteiger partial charge is 0.310 e. The van der Waals surface area contributed by atoms with Crippen molar-refractivity contribution >= 4 is 23.5 Å². The minimum Gasteiger partial charge on any atom is -0.481 e. The van der Waals surface area contributed by atoms with Gasteiger partial charge in [0.15, 0.2) is 0 Å². The van der Waals surface area contributed by atoms with Crippen LogP contribution in [0, 0.1) is 11.8 Å². The van der Waals surface area contributed by atoms with E-state index in [4.69, 9.17) is 14.9 Å². The molecule has 30 heavy (non-hydrogen) atoms. The number of aliphatic carboxylic acids is 1. The van der Waals surface area contributed by atoms with Crippen LogP contribution < -0.4 is 16.4 Å². The Morgan fingerprint density at radius 2 is 1.97 bits per heavy atom. The van der Waals surface area contributed by atoms with Crippen LogP contribution in [0.2, 0.25) is 0 Å². The third kappa shape index (κ3) is 3.38. The highest BCUT2D eigenvalue weighted by atomic mass is 16.5. The first-order valence-electron chi connectivity index (χ1n) is 9.46. The Labute approximate surface area is 171 Å². The van der Waals surface area contributed by atoms with Gasteiger partial charge in [-0.2, -0.15) is 0 Å². The maximum absolute atomic E-state index is 13.0. The van der Waals surface area contributed by atoms with Crippen molar-refractivity contribution < 1.29 is 28.6 Å². The average Bonchev–Trinajstić information content (AvgIpc) is 3.47. The van der Waals surface area contributed by atoms with Gasteiger partial charge in [0.1, 0.15) is 17.3 Å². The van der Waals surface area contributed by atoms with Gasteiger partial charge in [-0.05, 0) is 24.3 Å². The van der Waals surface area contributed by atoms with E-state index in [1.807, 2.05) is 0 Å². The van der Waals surface area contributed by atoms with Gasteiger partial charge in [0.05, 0.1) is 36.1 Å². The zero-order chi connectivity index (χ0) is 21.3. The molecule has 1 fully saturated rings. The maximum Gasteiger partial charge on any atom is 0.310 e. The number of carbonyl (C=O) groups excluding carboxylic acids is 2. The summed E-state index contributed by atoms with van der Waals surface area (Å²) in [5.41, 5.74) is 5.08. The van der Waals surface area contributed by atoms with Crippen LogP contribution in [0.1, 0.15) is 16.1 Å². The third-order valence-electron chi connectivity index (χ3n) is 5.48. The number of anilines is 1. The fourth-order valence-corrected chi connectivity index (χ4v) is 4.04. The van der Waals surface area contributed by atoms with Gasteiger partial charge in [-0.1, -0.05) is 24.3 Å². The summed E-state index contributed by atoms with van der Waals surface area (Å²) in [6.07, 6.45) is 4.11. The molecule has 2 aliphatic rings. The number of nitrogens with two attached hydrogens (primary N) is 1. The first kappa shape index (κ1) is 19.9. The number of fused-ring (bicyclic) bond motifs is 2. The molecule has 4 rings (SSSR count). The van der Waals surface area contributed by atoms with Crippen molar-refractivity contribution in [1.29, 1.82) is 0 Å². The van der Waals surface area contributed by atoms with Gasteiger partial charge in [0, 0.05) is 6.54 Å². The van der Waals surface area contributed by atoms with E-state index >= 15 is 0 Å². The Hall–Kier alpha value is -3.43. The number of para-hydroxylation sites is 1. The third-order valence-corrected chi connectivity index (χ3v) is 5.48. The fourth-order valence-electron chi connectivity index (χ4n) is 4.04. The van der Waals surface area contributed by atoms with Crippen LogP contribution in [0.3, 0.4) is 0 Å². The van der Waals surface area contributed by atoms with Gasteiger partial charge in [-0.3, -0.25) is 14.4 Å². The Bertz CT molecular complexity index is 1000. The lowest BCUT2D eigenvalue weighted by Crippen LogP contribution is -2.48. The zero-order valence-corrected chi connectivity index (χ0v) is 15.9. The quantitative estimate of drug-likeness (QED) is 0.500. The van der Waals surface area contributed by atoms with E-state index in [0.717, 1.165) is 0 Å². The first-order chi connectivity index (χ1) is 14.4. The standard InChI is InChI=1S/C21H21N3O6/c22-11-21-8-7-15(30-21)16(17(21)20(27)28)19(26)24-14-6-2-1-5-13(14)18(25)23-10-12-4-3-9-29-12/h1-9,15-17H,10-11,22H2,(H,23,25)(H,24,26)(H,27,28). The summed E-state index contributed by atoms with van der Waals surface area (Å²) in [6.45, 7) is 0.143. The predicted molar refractivity (Wildman–Crippen MR) is 105 cm³/mol. The second-order valence-electron chi connectivity index (χ2n) is 7.24. The van der Waals surface area contributed by atoms with Gasteiger partial charge in [0.2, 0.25) is 5.91 Å². The van der Waals surface area contributed by atoms with Crippen LogP contribution >= 0.6 is 0 Å². The molecule has 0 saturated carbocycles. The SMILES string of the molecule is NCC12C=CC(O1)C(C(=O)Nc1ccccc1C(=O)NCc1ccco1)C2C(=O)O. The second-order valence-corrected chi connectivity index (χ2v) is 7.24. The Morgan fingerprint density at radius 1 is 1.17 bits per heavy atom. The summed E-state index contributed by atoms with van der Waals surface area (Å²) >= 11 is 0. The molecule has 1 aromatic heterocycles. The minimum atomic E-state index is -1.20. The van der Waals surface area contributed by atoms with Crippen LogP contribution in [0.4, 0.5) is 5.69 Å². The van der Waals surface area contributed by atoms with Crippen LogP contribution in [-0.4, -0.2) is 41.1 Å². The Balaban J connectivity index is 1.52. The summed E-state index contributed by atoms with van der Waals surface area (Å²) in [4.78, 5) is 37.5. The summed E-state index contributed by atoms with van der Waals surface area (Å²) in [6, 6.07) is 9.94. The van der Waals surface area contributed by atoms with E-state index in [-0.39, 0.29) is 24.3 Å². The van der Waals surface area contributed by atoms with Crippen LogP contribution in [0.25, 0.3) is 0 Å². The second kappa shape index (κ2) is 7.77. The van der Waals surface area contributed by atoms with Gasteiger partial charge in [0.25, 0.3) is 5.91 Å². The normalized spacial score (nSPS) is 26.5. The van der Waals surface area contributed by atoms with Gasteiger partial charge in [-0.15, -0.1) is 0 Å². The van der Waals surface area contributed by atoms with Gasteiger partial charge in [-0.25, -0.2) is 0 Å². The Kier molecular flexibility index (Phi) is 5.15. The predicted octanol–water partition coefficient (Wildman–Crippen LogP) is 1.13. The maximum atomic E-state index is 13.0. The molecule has 1 aromatic carbocycles. The van der Waals surface area contributed by atoms with Crippen molar-refractivity contribution in [2.24, 2.45) is 17.6 Å². The van der Waals surface area contributed by atoms with Gasteiger partial charge < -0.3 is 30.6 Å². The van der Waals surface area contributed by atoms with Crippen molar-refractivity contribution in [3.05, 3.63) is 66.1 Å². The molecule has 4 atom stereocenters. The van der Waals surface area contributed by atoms with E-state index in [2.05, 4.69) is 10.6 Å². The van der Waals surface area contributed by atoms with Gasteiger partial charge >= 0.3 is 5.97 Å². The van der Waals surface area contributed by atoms with Crippen LogP contribution in [0.5, 0.6) is 0 Å². The topological polar surface area (TPSA) is 144 Å². The van der Waals surface area contributed by atoms with E-state index in [1.54, 1.807) is 48.6 Å². The molecule has 5 N–H and O–H groups in total. The molecule has 2 bridgehead atoms. The number of hydrogen-bond donors (Lipinski definition) is 4. The number of hydrogen-bond acceptors (Lipinski definition) is 6. The number of benzene rings is 1. The summed E-state index contributed by atoms with van der Waals surface area (Å²) in [5, 5.41) is 15.1. The van der Waals surface area contributed by atoms with Crippen molar-refractivity contribution in [1.82, 2.24) is 5.32 Å². The van der Waals surface area contributed by atoms with Crippen molar-refractivity contribution in [3.63, 3.8) is 0 Å². The van der Waals surface area contributed by atoms with E-state index in [0.29, 0.717) is 5.76 Å². The zero-order valence-electron chi connectivity index (χ0n) is 15.9. The average molecular weight is 411 g/mol. The molecule has 9 heteroatoms. The summed E-state index contributed by atoms with van der Waals surface area (Å²) in [5.74, 6) is -3.59. The largest absolute Gasteiger partial charge is 0.481 e. The molecule has 2 amide bonds. The molecule has 0 aliphatic carbocycles. The lowest BCUT2D eigenvalue weighted by Gasteiger charge is -2.28. The number of rotatable bonds is 7. The summed E-state index contributed by atoms with van der Waals surface area (Å²) < 4.78 is 10.9. The number of amides is 2. The molecule has 1 saturated heterocycles. The monoisotopic (exact) mass is 411 g/mol. The molecule has 0 radical (unpaired) electrons. The molecule has 4 unspecified atom stereocenters. The number of furan rings is 1. The van der Waals surface area contributed by atoms with Crippen molar-refractivity contribution in [3.8, 4) is 0 Å². The van der Waals surface area contributed by atoms with Crippen molar-refractivity contribution in [2.75, 3.05) is 11.9 Å². The molecule has 2 aliphatic heterocycles. The van der Waals surface area contributed by atoms with Crippen LogP contribution in [-0.2, 0) is 20.9 Å². The van der Waals surface area contributed by atoms with E-state index < -0.39 is 41.3 Å². The number of ether oxygens (including phenoxy) is 1. The highest BCUT2D eigenvalue weighted by Gasteiger charge is 2.61. The number of carboxylic acids is 1. The van der Waals surface area contributed by atoms with E-state index in [1.165, 1.54) is 6.26 Å². The Morgan fingerprint density at radius 3 is 2.67 bits per heavy atom. The van der Waals surface area contributed by atoms with E-state index in [9.17, 15) is 19.5 Å². The molecular formula is C21H21N3O6. The molecule has 0 spiro atoms. The highest BCUT2D eigenvalue weighted by molar-refractivity contribution is 6.05. The number of carboxylic acid groups (broad SMARTS) is 1. The van der Waals surface area contributed by atoms with Crippen LogP contribution in [0.15, 0.2) is 59.2 Å². The first-order valence-corrected chi connectivity index (χ1v) is 9.46. The lowest BCUT2D eigenvalue weighted by molar-refractivity contribution is -0.148. The molecular weight excluding hydrogens is 390 g/mol. The molecule has 2 aromatic rings. The number of carbonyl (C=O) groups is 3. The fraction of sp³-hybridized carbons (Fsp3) is 0.286. The minimum absolute atomic E-state index is 0.0491. The molecule has 9 nitrogen and oxygen atoms in total. The number of nitrogens with one attached hydrogen (secondary N) is 2.